The normalized spacial score (nSPS) is 30.9. The Bertz CT molecular complexity index is 256. The van der Waals surface area contributed by atoms with E-state index in [0.29, 0.717) is 11.5 Å². The fraction of sp³-hybridized carbons (Fsp3) is 0.917. The maximum Gasteiger partial charge on any atom is 0.156 e. The number of thioether (sulfide) groups is 1. The molecule has 2 nitrogen and oxygen atoms in total. The van der Waals surface area contributed by atoms with E-state index in [9.17, 15) is 0 Å². The molecule has 1 saturated heterocycles. The molecule has 1 unspecified atom stereocenters. The first kappa shape index (κ1) is 11.3. The third-order valence-corrected chi connectivity index (χ3v) is 4.99. The van der Waals surface area contributed by atoms with Crippen LogP contribution in [0.1, 0.15) is 40.0 Å². The van der Waals surface area contributed by atoms with Gasteiger partial charge in [0.2, 0.25) is 0 Å². The van der Waals surface area contributed by atoms with E-state index in [1.165, 1.54) is 30.2 Å². The number of rotatable bonds is 4. The first-order chi connectivity index (χ1) is 7.16. The van der Waals surface area contributed by atoms with Crippen molar-refractivity contribution in [2.45, 2.75) is 46.1 Å². The largest absolute Gasteiger partial charge is 0.361 e. The molecule has 3 heteroatoms. The number of nitrogens with zero attached hydrogens (tertiary/aromatic N) is 1. The summed E-state index contributed by atoms with van der Waals surface area (Å²) in [7, 11) is 0. The lowest BCUT2D eigenvalue weighted by molar-refractivity contribution is 0.371. The van der Waals surface area contributed by atoms with Crippen LogP contribution in [-0.4, -0.2) is 23.5 Å². The fourth-order valence-electron chi connectivity index (χ4n) is 2.06. The summed E-state index contributed by atoms with van der Waals surface area (Å²) in [5.41, 5.74) is 0.555. The van der Waals surface area contributed by atoms with Crippen molar-refractivity contribution in [1.29, 1.82) is 0 Å². The summed E-state index contributed by atoms with van der Waals surface area (Å²) in [6, 6.07) is 0.656. The van der Waals surface area contributed by atoms with Gasteiger partial charge in [-0.25, -0.2) is 0 Å². The zero-order valence-corrected chi connectivity index (χ0v) is 10.9. The minimum absolute atomic E-state index is 0.555. The predicted molar refractivity (Wildman–Crippen MR) is 68.5 cm³/mol. The molecule has 2 fully saturated rings. The second-order valence-corrected chi connectivity index (χ2v) is 6.21. The zero-order chi connectivity index (χ0) is 10.9. The summed E-state index contributed by atoms with van der Waals surface area (Å²) in [5.74, 6) is 1.99. The van der Waals surface area contributed by atoms with Gasteiger partial charge in [0.25, 0.3) is 0 Å². The fourth-order valence-corrected chi connectivity index (χ4v) is 3.14. The number of hydrogen-bond donors (Lipinski definition) is 1. The molecule has 0 spiro atoms. The van der Waals surface area contributed by atoms with Gasteiger partial charge in [0.05, 0.1) is 0 Å². The van der Waals surface area contributed by atoms with Gasteiger partial charge in [-0.2, -0.15) is 0 Å². The van der Waals surface area contributed by atoms with Crippen LogP contribution in [0.3, 0.4) is 0 Å². The molecule has 0 radical (unpaired) electrons. The first-order valence-corrected chi connectivity index (χ1v) is 7.08. The van der Waals surface area contributed by atoms with Gasteiger partial charge >= 0.3 is 0 Å². The molecule has 0 bridgehead atoms. The van der Waals surface area contributed by atoms with Crippen molar-refractivity contribution in [1.82, 2.24) is 5.32 Å². The van der Waals surface area contributed by atoms with E-state index < -0.39 is 0 Å². The van der Waals surface area contributed by atoms with Gasteiger partial charge in [-0.05, 0) is 30.6 Å². The van der Waals surface area contributed by atoms with Crippen molar-refractivity contribution in [2.24, 2.45) is 16.3 Å². The van der Waals surface area contributed by atoms with E-state index in [1.54, 1.807) is 0 Å². The van der Waals surface area contributed by atoms with Crippen LogP contribution in [0.4, 0.5) is 0 Å². The summed E-state index contributed by atoms with van der Waals surface area (Å²) in [6.45, 7) is 7.93. The Kier molecular flexibility index (Phi) is 3.29. The number of nitrogens with one attached hydrogen (secondary N) is 1. The smallest absolute Gasteiger partial charge is 0.156 e. The quantitative estimate of drug-likeness (QED) is 0.797. The third kappa shape index (κ3) is 2.49. The average Bonchev–Trinajstić information content (AvgIpc) is 2.88. The lowest BCUT2D eigenvalue weighted by Crippen LogP contribution is -2.26. The molecule has 1 heterocycles. The maximum atomic E-state index is 4.75. The van der Waals surface area contributed by atoms with Gasteiger partial charge < -0.3 is 5.32 Å². The molecule has 0 aromatic rings. The van der Waals surface area contributed by atoms with E-state index in [0.717, 1.165) is 12.5 Å². The Morgan fingerprint density at radius 1 is 1.53 bits per heavy atom. The molecular weight excluding hydrogens is 204 g/mol. The summed E-state index contributed by atoms with van der Waals surface area (Å²) >= 11 is 1.89. The molecule has 2 aliphatic rings. The lowest BCUT2D eigenvalue weighted by atomic mass is 9.93. The van der Waals surface area contributed by atoms with Crippen LogP contribution in [0.2, 0.25) is 0 Å². The van der Waals surface area contributed by atoms with E-state index in [1.807, 2.05) is 11.8 Å². The van der Waals surface area contributed by atoms with Crippen LogP contribution in [0, 0.1) is 11.3 Å². The molecule has 86 valence electrons. The molecule has 0 amide bonds. The van der Waals surface area contributed by atoms with Crippen LogP contribution in [0.15, 0.2) is 4.99 Å². The van der Waals surface area contributed by atoms with E-state index in [4.69, 9.17) is 4.99 Å². The standard InChI is InChI=1S/C12H22N2S/c1-4-10-7-15-11(14-10)13-8-12(5-6-12)9(2)3/h9-10H,4-8H2,1-3H3,(H,13,14). The molecule has 0 aromatic carbocycles. The third-order valence-electron chi connectivity index (χ3n) is 3.90. The minimum atomic E-state index is 0.555. The molecule has 15 heavy (non-hydrogen) atoms. The van der Waals surface area contributed by atoms with Gasteiger partial charge in [-0.3, -0.25) is 4.99 Å². The molecule has 1 aliphatic heterocycles. The summed E-state index contributed by atoms with van der Waals surface area (Å²) in [6.07, 6.45) is 3.97. The highest BCUT2D eigenvalue weighted by atomic mass is 32.2. The summed E-state index contributed by atoms with van der Waals surface area (Å²) in [5, 5.41) is 4.68. The van der Waals surface area contributed by atoms with Crippen LogP contribution in [0.5, 0.6) is 0 Å². The van der Waals surface area contributed by atoms with Gasteiger partial charge in [-0.1, -0.05) is 32.5 Å². The van der Waals surface area contributed by atoms with Gasteiger partial charge in [0.1, 0.15) is 0 Å². The second-order valence-electron chi connectivity index (χ2n) is 5.20. The summed E-state index contributed by atoms with van der Waals surface area (Å²) < 4.78 is 0. The van der Waals surface area contributed by atoms with Crippen LogP contribution >= 0.6 is 11.8 Å². The Labute approximate surface area is 97.3 Å². The van der Waals surface area contributed by atoms with Crippen molar-refractivity contribution in [3.63, 3.8) is 0 Å². The first-order valence-electron chi connectivity index (χ1n) is 6.10. The molecule has 1 aliphatic carbocycles. The number of hydrogen-bond acceptors (Lipinski definition) is 2. The van der Waals surface area contributed by atoms with E-state index >= 15 is 0 Å². The maximum absolute atomic E-state index is 4.75. The lowest BCUT2D eigenvalue weighted by Gasteiger charge is -2.16. The van der Waals surface area contributed by atoms with Crippen molar-refractivity contribution in [3.8, 4) is 0 Å². The molecule has 1 N–H and O–H groups in total. The van der Waals surface area contributed by atoms with Crippen molar-refractivity contribution >= 4 is 16.9 Å². The SMILES string of the molecule is CCC1CSC(=NCC2(C(C)C)CC2)N1. The van der Waals surface area contributed by atoms with Crippen molar-refractivity contribution < 1.29 is 0 Å². The molecule has 1 atom stereocenters. The van der Waals surface area contributed by atoms with Crippen LogP contribution < -0.4 is 5.32 Å². The average molecular weight is 226 g/mol. The summed E-state index contributed by atoms with van der Waals surface area (Å²) in [4.78, 5) is 4.75. The Morgan fingerprint density at radius 3 is 2.73 bits per heavy atom. The van der Waals surface area contributed by atoms with E-state index in [2.05, 4.69) is 26.1 Å². The molecule has 2 rings (SSSR count). The molecule has 0 aromatic heterocycles. The highest BCUT2D eigenvalue weighted by Gasteiger charge is 2.45. The number of amidine groups is 1. The second kappa shape index (κ2) is 4.36. The Hall–Kier alpha value is -0.180. The van der Waals surface area contributed by atoms with Crippen LogP contribution in [-0.2, 0) is 0 Å². The monoisotopic (exact) mass is 226 g/mol. The van der Waals surface area contributed by atoms with Gasteiger partial charge in [0.15, 0.2) is 5.17 Å². The Morgan fingerprint density at radius 2 is 2.27 bits per heavy atom. The Balaban J connectivity index is 1.85. The van der Waals surface area contributed by atoms with E-state index in [-0.39, 0.29) is 0 Å². The molecule has 1 saturated carbocycles. The zero-order valence-electron chi connectivity index (χ0n) is 10.0. The van der Waals surface area contributed by atoms with Gasteiger partial charge in [-0.15, -0.1) is 0 Å². The highest BCUT2D eigenvalue weighted by Crippen LogP contribution is 2.52. The highest BCUT2D eigenvalue weighted by molar-refractivity contribution is 8.14. The molecular formula is C12H22N2S. The predicted octanol–water partition coefficient (Wildman–Crippen LogP) is 2.89. The number of aliphatic imine (C=N–C) groups is 1. The minimum Gasteiger partial charge on any atom is -0.361 e. The topological polar surface area (TPSA) is 24.4 Å². The van der Waals surface area contributed by atoms with Crippen molar-refractivity contribution in [2.75, 3.05) is 12.3 Å². The van der Waals surface area contributed by atoms with Crippen molar-refractivity contribution in [3.05, 3.63) is 0 Å². The van der Waals surface area contributed by atoms with Crippen LogP contribution in [0.25, 0.3) is 0 Å². The van der Waals surface area contributed by atoms with Gasteiger partial charge in [0, 0.05) is 18.3 Å².